The van der Waals surface area contributed by atoms with E-state index in [1.165, 1.54) is 38.5 Å². The van der Waals surface area contributed by atoms with Crippen LogP contribution in [0.5, 0.6) is 0 Å². The molecule has 2 rings (SSSR count). The Hall–Kier alpha value is 0.137. The predicted molar refractivity (Wildman–Crippen MR) is 82.5 cm³/mol. The third-order valence-electron chi connectivity index (χ3n) is 6.13. The van der Waals surface area contributed by atoms with E-state index < -0.39 is 8.56 Å². The first-order chi connectivity index (χ1) is 9.05. The van der Waals surface area contributed by atoms with Crippen molar-refractivity contribution in [2.45, 2.75) is 70.4 Å². The molecule has 0 spiro atoms. The zero-order chi connectivity index (χ0) is 14.0. The van der Waals surface area contributed by atoms with E-state index in [4.69, 9.17) is 8.85 Å². The van der Waals surface area contributed by atoms with Crippen LogP contribution in [0, 0.1) is 17.8 Å². The van der Waals surface area contributed by atoms with Crippen molar-refractivity contribution in [3.05, 3.63) is 0 Å². The summed E-state index contributed by atoms with van der Waals surface area (Å²) in [5.41, 5.74) is 1.41. The highest BCUT2D eigenvalue weighted by molar-refractivity contribution is 6.70. The Morgan fingerprint density at radius 1 is 0.895 bits per heavy atom. The van der Waals surface area contributed by atoms with E-state index in [0.29, 0.717) is 11.1 Å². The van der Waals surface area contributed by atoms with Gasteiger partial charge in [-0.05, 0) is 37.0 Å². The smallest absolute Gasteiger partial charge is 0.344 e. The topological polar surface area (TPSA) is 18.5 Å². The summed E-state index contributed by atoms with van der Waals surface area (Å²) in [6, 6.07) is 0. The highest BCUT2D eigenvalue weighted by Crippen LogP contribution is 2.54. The Labute approximate surface area is 120 Å². The highest BCUT2D eigenvalue weighted by Gasteiger charge is 2.55. The van der Waals surface area contributed by atoms with Crippen LogP contribution in [-0.2, 0) is 8.85 Å². The summed E-state index contributed by atoms with van der Waals surface area (Å²) in [4.78, 5) is 0. The van der Waals surface area contributed by atoms with Gasteiger partial charge < -0.3 is 8.85 Å². The lowest BCUT2D eigenvalue weighted by Crippen LogP contribution is -2.51. The summed E-state index contributed by atoms with van der Waals surface area (Å²) in [6.07, 6.45) is 8.09. The molecule has 2 aliphatic rings. The minimum atomic E-state index is -2.06. The first-order valence-corrected chi connectivity index (χ1v) is 10.1. The SMILES string of the molecule is CO[Si](OC)(C1CCCC(C)C1)C1CCC(C)C1C. The Morgan fingerprint density at radius 2 is 1.58 bits per heavy atom. The Balaban J connectivity index is 2.21. The molecule has 0 radical (unpaired) electrons. The van der Waals surface area contributed by atoms with E-state index in [-0.39, 0.29) is 0 Å². The molecular weight excluding hydrogens is 252 g/mol. The van der Waals surface area contributed by atoms with Gasteiger partial charge in [0.15, 0.2) is 0 Å². The molecule has 112 valence electrons. The van der Waals surface area contributed by atoms with Crippen LogP contribution in [0.2, 0.25) is 11.1 Å². The lowest BCUT2D eigenvalue weighted by atomic mass is 9.90. The van der Waals surface area contributed by atoms with Gasteiger partial charge in [0.25, 0.3) is 0 Å². The molecule has 3 heteroatoms. The quantitative estimate of drug-likeness (QED) is 0.694. The molecule has 0 aromatic carbocycles. The van der Waals surface area contributed by atoms with E-state index >= 15 is 0 Å². The maximum absolute atomic E-state index is 6.19. The van der Waals surface area contributed by atoms with Crippen LogP contribution in [0.15, 0.2) is 0 Å². The molecule has 2 aliphatic carbocycles. The maximum Gasteiger partial charge on any atom is 0.344 e. The molecule has 0 amide bonds. The predicted octanol–water partition coefficient (Wildman–Crippen LogP) is 4.74. The average molecular weight is 285 g/mol. The van der Waals surface area contributed by atoms with E-state index in [1.54, 1.807) is 0 Å². The van der Waals surface area contributed by atoms with Gasteiger partial charge in [-0.2, -0.15) is 0 Å². The van der Waals surface area contributed by atoms with Crippen LogP contribution >= 0.6 is 0 Å². The zero-order valence-corrected chi connectivity index (χ0v) is 14.4. The van der Waals surface area contributed by atoms with Crippen LogP contribution < -0.4 is 0 Å². The molecule has 0 aromatic heterocycles. The lowest BCUT2D eigenvalue weighted by molar-refractivity contribution is 0.186. The van der Waals surface area contributed by atoms with Gasteiger partial charge in [-0.3, -0.25) is 0 Å². The van der Waals surface area contributed by atoms with Gasteiger partial charge in [-0.25, -0.2) is 0 Å². The van der Waals surface area contributed by atoms with Crippen molar-refractivity contribution in [2.24, 2.45) is 17.8 Å². The van der Waals surface area contributed by atoms with Crippen LogP contribution in [0.4, 0.5) is 0 Å². The van der Waals surface area contributed by atoms with Gasteiger partial charge in [0, 0.05) is 25.3 Å². The van der Waals surface area contributed by atoms with Gasteiger partial charge in [0.05, 0.1) is 0 Å². The summed E-state index contributed by atoms with van der Waals surface area (Å²) in [7, 11) is 1.79. The van der Waals surface area contributed by atoms with Crippen molar-refractivity contribution < 1.29 is 8.85 Å². The third-order valence-corrected chi connectivity index (χ3v) is 10.9. The lowest BCUT2D eigenvalue weighted by Gasteiger charge is -2.44. The number of hydrogen-bond acceptors (Lipinski definition) is 2. The molecule has 0 N–H and O–H groups in total. The summed E-state index contributed by atoms with van der Waals surface area (Å²) in [5.74, 6) is 2.46. The molecule has 19 heavy (non-hydrogen) atoms. The summed E-state index contributed by atoms with van der Waals surface area (Å²) < 4.78 is 12.4. The van der Waals surface area contributed by atoms with Crippen molar-refractivity contribution in [3.63, 3.8) is 0 Å². The third kappa shape index (κ3) is 2.79. The van der Waals surface area contributed by atoms with Crippen molar-refractivity contribution in [1.29, 1.82) is 0 Å². The summed E-state index contributed by atoms with van der Waals surface area (Å²) in [6.45, 7) is 7.23. The fourth-order valence-corrected chi connectivity index (χ4v) is 9.77. The van der Waals surface area contributed by atoms with E-state index in [1.807, 2.05) is 14.2 Å². The van der Waals surface area contributed by atoms with Crippen molar-refractivity contribution in [2.75, 3.05) is 14.2 Å². The summed E-state index contributed by atoms with van der Waals surface area (Å²) >= 11 is 0. The van der Waals surface area contributed by atoms with Gasteiger partial charge in [-0.15, -0.1) is 0 Å². The van der Waals surface area contributed by atoms with Crippen molar-refractivity contribution in [3.8, 4) is 0 Å². The van der Waals surface area contributed by atoms with Gasteiger partial charge in [-0.1, -0.05) is 40.0 Å². The normalized spacial score (nSPS) is 40.6. The van der Waals surface area contributed by atoms with Gasteiger partial charge in [0.2, 0.25) is 0 Å². The second-order valence-electron chi connectivity index (χ2n) is 7.12. The molecule has 2 nitrogen and oxygen atoms in total. The zero-order valence-electron chi connectivity index (χ0n) is 13.4. The Morgan fingerprint density at radius 3 is 2.05 bits per heavy atom. The standard InChI is InChI=1S/C16H32O2Si/c1-12-7-6-8-15(11-12)19(17-4,18-5)16-10-9-13(2)14(16)3/h12-16H,6-11H2,1-5H3. The second-order valence-corrected chi connectivity index (χ2v) is 10.9. The average Bonchev–Trinajstić information content (AvgIpc) is 2.74. The van der Waals surface area contributed by atoms with Crippen LogP contribution in [0.25, 0.3) is 0 Å². The summed E-state index contributed by atoms with van der Waals surface area (Å²) in [5, 5.41) is 0. The Bertz CT molecular complexity index is 290. The van der Waals surface area contributed by atoms with E-state index in [9.17, 15) is 0 Å². The molecule has 0 aromatic rings. The molecule has 0 heterocycles. The molecular formula is C16H32O2Si. The molecule has 5 unspecified atom stereocenters. The fraction of sp³-hybridized carbons (Fsp3) is 1.00. The monoisotopic (exact) mass is 284 g/mol. The van der Waals surface area contributed by atoms with Gasteiger partial charge >= 0.3 is 8.56 Å². The first kappa shape index (κ1) is 15.5. The van der Waals surface area contributed by atoms with Crippen molar-refractivity contribution >= 4 is 8.56 Å². The molecule has 2 saturated carbocycles. The minimum absolute atomic E-state index is 0.702. The Kier molecular flexibility index (Phi) is 5.13. The largest absolute Gasteiger partial charge is 0.397 e. The fourth-order valence-electron chi connectivity index (χ4n) is 4.75. The molecule has 5 atom stereocenters. The van der Waals surface area contributed by atoms with Crippen LogP contribution in [0.3, 0.4) is 0 Å². The highest BCUT2D eigenvalue weighted by atomic mass is 28.4. The van der Waals surface area contributed by atoms with Crippen LogP contribution in [0.1, 0.15) is 59.3 Å². The molecule has 2 fully saturated rings. The number of rotatable bonds is 4. The van der Waals surface area contributed by atoms with Crippen molar-refractivity contribution in [1.82, 2.24) is 0 Å². The molecule has 0 saturated heterocycles. The van der Waals surface area contributed by atoms with Crippen LogP contribution in [-0.4, -0.2) is 22.8 Å². The first-order valence-electron chi connectivity index (χ1n) is 8.15. The van der Waals surface area contributed by atoms with E-state index in [0.717, 1.165) is 17.8 Å². The minimum Gasteiger partial charge on any atom is -0.397 e. The number of hydrogen-bond donors (Lipinski definition) is 0. The molecule has 0 bridgehead atoms. The maximum atomic E-state index is 6.19. The van der Waals surface area contributed by atoms with Gasteiger partial charge in [0.1, 0.15) is 0 Å². The second kappa shape index (κ2) is 6.27. The van der Waals surface area contributed by atoms with E-state index in [2.05, 4.69) is 20.8 Å². The molecule has 0 aliphatic heterocycles.